The Balaban J connectivity index is 3.53. The van der Waals surface area contributed by atoms with E-state index in [-0.39, 0.29) is 5.97 Å². The van der Waals surface area contributed by atoms with Crippen LogP contribution in [0.3, 0.4) is 0 Å². The van der Waals surface area contributed by atoms with Gasteiger partial charge in [-0.15, -0.1) is 0 Å². The van der Waals surface area contributed by atoms with Crippen LogP contribution in [-0.4, -0.2) is 11.6 Å². The fraction of sp³-hybridized carbons (Fsp3) is 0.800. The van der Waals surface area contributed by atoms with Crippen molar-refractivity contribution < 1.29 is 14.6 Å². The van der Waals surface area contributed by atoms with E-state index in [1.807, 2.05) is 34.6 Å². The molecule has 0 atom stereocenters. The van der Waals surface area contributed by atoms with Gasteiger partial charge in [0.25, 0.3) is 0 Å². The van der Waals surface area contributed by atoms with Gasteiger partial charge in [-0.1, -0.05) is 13.8 Å². The van der Waals surface area contributed by atoms with Crippen molar-refractivity contribution in [1.29, 1.82) is 0 Å². The van der Waals surface area contributed by atoms with Crippen molar-refractivity contribution in [2.75, 3.05) is 0 Å². The number of hydrogen-bond donors (Lipinski definition) is 0. The SMILES string of the molecule is C[C](C)CCC(=O)OOC(C)(C)C. The quantitative estimate of drug-likeness (QED) is 0.501. The summed E-state index contributed by atoms with van der Waals surface area (Å²) >= 11 is 0. The lowest BCUT2D eigenvalue weighted by molar-refractivity contribution is -0.320. The molecule has 0 rings (SSSR count). The molecule has 0 unspecified atom stereocenters. The predicted octanol–water partition coefficient (Wildman–Crippen LogP) is 2.65. The third kappa shape index (κ3) is 9.34. The second-order valence-electron chi connectivity index (χ2n) is 4.36. The first kappa shape index (κ1) is 12.4. The first-order chi connectivity index (χ1) is 5.81. The lowest BCUT2D eigenvalue weighted by Gasteiger charge is -2.16. The second-order valence-corrected chi connectivity index (χ2v) is 4.36. The summed E-state index contributed by atoms with van der Waals surface area (Å²) in [4.78, 5) is 20.5. The molecule has 0 N–H and O–H groups in total. The molecule has 0 saturated heterocycles. The van der Waals surface area contributed by atoms with E-state index in [0.29, 0.717) is 6.42 Å². The van der Waals surface area contributed by atoms with Crippen LogP contribution in [0.1, 0.15) is 47.5 Å². The van der Waals surface area contributed by atoms with Crippen LogP contribution in [0.15, 0.2) is 0 Å². The molecule has 0 aliphatic rings. The summed E-state index contributed by atoms with van der Waals surface area (Å²) in [5.74, 6) is 0.906. The van der Waals surface area contributed by atoms with Crippen LogP contribution >= 0.6 is 0 Å². The van der Waals surface area contributed by atoms with E-state index < -0.39 is 5.60 Å². The highest BCUT2D eigenvalue weighted by atomic mass is 17.2. The molecule has 77 valence electrons. The minimum atomic E-state index is -0.430. The maximum absolute atomic E-state index is 11.0. The lowest BCUT2D eigenvalue weighted by atomic mass is 10.1. The maximum atomic E-state index is 11.0. The van der Waals surface area contributed by atoms with E-state index in [1.54, 1.807) is 0 Å². The summed E-state index contributed by atoms with van der Waals surface area (Å²) in [6.07, 6.45) is 1.14. The van der Waals surface area contributed by atoms with Gasteiger partial charge in [-0.05, 0) is 33.1 Å². The molecule has 0 aromatic carbocycles. The van der Waals surface area contributed by atoms with E-state index >= 15 is 0 Å². The summed E-state index contributed by atoms with van der Waals surface area (Å²) in [6.45, 7) is 9.46. The van der Waals surface area contributed by atoms with Crippen LogP contribution < -0.4 is 0 Å². The summed E-state index contributed by atoms with van der Waals surface area (Å²) < 4.78 is 0. The Kier molecular flexibility index (Phi) is 4.99. The lowest BCUT2D eigenvalue weighted by Crippen LogP contribution is -2.21. The van der Waals surface area contributed by atoms with Crippen LogP contribution in [-0.2, 0) is 14.6 Å². The molecule has 0 aromatic rings. The van der Waals surface area contributed by atoms with E-state index in [0.717, 1.165) is 6.42 Å². The second kappa shape index (κ2) is 5.22. The van der Waals surface area contributed by atoms with E-state index in [2.05, 4.69) is 4.89 Å². The van der Waals surface area contributed by atoms with Crippen molar-refractivity contribution in [3.05, 3.63) is 5.92 Å². The number of carbonyl (C=O) groups is 1. The van der Waals surface area contributed by atoms with E-state index in [9.17, 15) is 4.79 Å². The molecular weight excluding hydrogens is 168 g/mol. The molecule has 0 aliphatic carbocycles. The Morgan fingerprint density at radius 1 is 1.15 bits per heavy atom. The summed E-state index contributed by atoms with van der Waals surface area (Å²) in [5.41, 5.74) is -0.430. The highest BCUT2D eigenvalue weighted by molar-refractivity contribution is 5.68. The molecule has 0 heterocycles. The molecular formula is C10H19O3. The molecule has 0 spiro atoms. The summed E-state index contributed by atoms with van der Waals surface area (Å²) in [7, 11) is 0. The molecule has 0 fully saturated rings. The van der Waals surface area contributed by atoms with Crippen molar-refractivity contribution in [2.24, 2.45) is 0 Å². The Labute approximate surface area is 80.3 Å². The van der Waals surface area contributed by atoms with Gasteiger partial charge in [-0.25, -0.2) is 4.79 Å². The van der Waals surface area contributed by atoms with Crippen LogP contribution in [0, 0.1) is 5.92 Å². The topological polar surface area (TPSA) is 35.5 Å². The number of rotatable bonds is 4. The zero-order valence-corrected chi connectivity index (χ0v) is 9.14. The van der Waals surface area contributed by atoms with Crippen molar-refractivity contribution in [3.8, 4) is 0 Å². The molecule has 0 aliphatic heterocycles. The standard InChI is InChI=1S/C10H19O3/c1-8(2)6-7-9(11)12-13-10(3,4)5/h6-7H2,1-5H3. The van der Waals surface area contributed by atoms with E-state index in [1.165, 1.54) is 5.92 Å². The normalized spacial score (nSPS) is 11.8. The molecule has 3 heteroatoms. The van der Waals surface area contributed by atoms with Gasteiger partial charge in [0, 0.05) is 6.42 Å². The average Bonchev–Trinajstić information content (AvgIpc) is 1.95. The third-order valence-electron chi connectivity index (χ3n) is 1.21. The van der Waals surface area contributed by atoms with Crippen LogP contribution in [0.25, 0.3) is 0 Å². The van der Waals surface area contributed by atoms with Gasteiger partial charge in [0.2, 0.25) is 0 Å². The fourth-order valence-corrected chi connectivity index (χ4v) is 0.565. The average molecular weight is 187 g/mol. The zero-order valence-electron chi connectivity index (χ0n) is 9.14. The molecule has 1 radical (unpaired) electrons. The van der Waals surface area contributed by atoms with Gasteiger partial charge in [0.15, 0.2) is 0 Å². The first-order valence-electron chi connectivity index (χ1n) is 4.49. The van der Waals surface area contributed by atoms with Gasteiger partial charge in [0.05, 0.1) is 0 Å². The highest BCUT2D eigenvalue weighted by Gasteiger charge is 2.15. The largest absolute Gasteiger partial charge is 0.342 e. The first-order valence-corrected chi connectivity index (χ1v) is 4.49. The number of hydrogen-bond acceptors (Lipinski definition) is 3. The smallest absolute Gasteiger partial charge is 0.298 e. The van der Waals surface area contributed by atoms with Crippen molar-refractivity contribution in [3.63, 3.8) is 0 Å². The van der Waals surface area contributed by atoms with Gasteiger partial charge in [-0.2, -0.15) is 4.89 Å². The van der Waals surface area contributed by atoms with Crippen molar-refractivity contribution in [2.45, 2.75) is 53.1 Å². The van der Waals surface area contributed by atoms with Crippen molar-refractivity contribution in [1.82, 2.24) is 0 Å². The molecule has 0 bridgehead atoms. The van der Waals surface area contributed by atoms with Gasteiger partial charge >= 0.3 is 5.97 Å². The maximum Gasteiger partial charge on any atom is 0.342 e. The molecule has 0 aromatic heterocycles. The minimum absolute atomic E-state index is 0.309. The van der Waals surface area contributed by atoms with Crippen molar-refractivity contribution >= 4 is 5.97 Å². The molecule has 0 amide bonds. The Morgan fingerprint density at radius 3 is 2.08 bits per heavy atom. The third-order valence-corrected chi connectivity index (χ3v) is 1.21. The number of carbonyl (C=O) groups excluding carboxylic acids is 1. The van der Waals surface area contributed by atoms with Crippen LogP contribution in [0.2, 0.25) is 0 Å². The van der Waals surface area contributed by atoms with Gasteiger partial charge < -0.3 is 0 Å². The molecule has 13 heavy (non-hydrogen) atoms. The van der Waals surface area contributed by atoms with Gasteiger partial charge in [0.1, 0.15) is 5.60 Å². The Hall–Kier alpha value is -0.570. The zero-order chi connectivity index (χ0) is 10.5. The monoisotopic (exact) mass is 187 g/mol. The van der Waals surface area contributed by atoms with Gasteiger partial charge in [-0.3, -0.25) is 4.89 Å². The highest BCUT2D eigenvalue weighted by Crippen LogP contribution is 2.10. The summed E-state index contributed by atoms with van der Waals surface area (Å²) in [6, 6.07) is 0. The van der Waals surface area contributed by atoms with Crippen LogP contribution in [0.5, 0.6) is 0 Å². The predicted molar refractivity (Wildman–Crippen MR) is 50.8 cm³/mol. The van der Waals surface area contributed by atoms with E-state index in [4.69, 9.17) is 4.89 Å². The van der Waals surface area contributed by atoms with Crippen LogP contribution in [0.4, 0.5) is 0 Å². The summed E-state index contributed by atoms with van der Waals surface area (Å²) in [5, 5.41) is 0. The Morgan fingerprint density at radius 2 is 1.69 bits per heavy atom. The molecule has 0 saturated carbocycles. The fourth-order valence-electron chi connectivity index (χ4n) is 0.565. The Bertz CT molecular complexity index is 156. The molecule has 3 nitrogen and oxygen atoms in total. The minimum Gasteiger partial charge on any atom is -0.298 e.